The minimum atomic E-state index is -0.663. The van der Waals surface area contributed by atoms with Crippen molar-refractivity contribution in [2.45, 2.75) is 19.9 Å². The first-order valence-electron chi connectivity index (χ1n) is 6.69. The fourth-order valence-corrected chi connectivity index (χ4v) is 1.92. The van der Waals surface area contributed by atoms with Crippen molar-refractivity contribution in [1.29, 1.82) is 0 Å². The van der Waals surface area contributed by atoms with Crippen LogP contribution in [-0.4, -0.2) is 18.2 Å². The second kappa shape index (κ2) is 6.72. The van der Waals surface area contributed by atoms with Gasteiger partial charge in [0.15, 0.2) is 0 Å². The highest BCUT2D eigenvalue weighted by molar-refractivity contribution is 6.31. The fourth-order valence-electron chi connectivity index (χ4n) is 1.75. The number of hydrogen-bond donors (Lipinski definition) is 2. The molecule has 7 heteroatoms. The zero-order valence-electron chi connectivity index (χ0n) is 12.2. The van der Waals surface area contributed by atoms with Gasteiger partial charge >= 0.3 is 0 Å². The van der Waals surface area contributed by atoms with Crippen LogP contribution in [0.25, 0.3) is 11.0 Å². The Balaban J connectivity index is 2.22. The normalized spacial score (nSPS) is 13.0. The van der Waals surface area contributed by atoms with Gasteiger partial charge < -0.3 is 10.2 Å². The van der Waals surface area contributed by atoms with E-state index < -0.39 is 11.9 Å². The van der Waals surface area contributed by atoms with E-state index in [0.717, 1.165) is 0 Å². The lowest BCUT2D eigenvalue weighted by Crippen LogP contribution is -2.42. The van der Waals surface area contributed by atoms with Crippen molar-refractivity contribution in [3.63, 3.8) is 0 Å². The zero-order valence-corrected chi connectivity index (χ0v) is 12.9. The molecule has 0 fully saturated rings. The van der Waals surface area contributed by atoms with Gasteiger partial charge in [0, 0.05) is 5.02 Å². The topological polar surface area (TPSA) is 97.7 Å². The Morgan fingerprint density at radius 2 is 2.18 bits per heavy atom. The molecule has 3 N–H and O–H groups in total. The van der Waals surface area contributed by atoms with Gasteiger partial charge in [0.25, 0.3) is 5.91 Å². The number of nitrogens with zero attached hydrogens (tertiary/aromatic N) is 1. The van der Waals surface area contributed by atoms with E-state index in [1.165, 1.54) is 18.5 Å². The molecular weight excluding hydrogens is 306 g/mol. The Bertz CT molecular complexity index is 783. The molecule has 0 spiro atoms. The maximum Gasteiger partial charge on any atom is 0.257 e. The van der Waals surface area contributed by atoms with Gasteiger partial charge in [0.2, 0.25) is 5.43 Å². The largest absolute Gasteiger partial charge is 0.463 e. The second-order valence-electron chi connectivity index (χ2n) is 5.16. The van der Waals surface area contributed by atoms with Crippen molar-refractivity contribution in [3.8, 4) is 0 Å². The lowest BCUT2D eigenvalue weighted by Gasteiger charge is -2.12. The van der Waals surface area contributed by atoms with Gasteiger partial charge in [-0.2, -0.15) is 5.10 Å². The standard InChI is InChI=1S/C15H16ClN3O3/c1-8(2)13(17)15(21)19-18-6-9-7-22-12-4-3-10(16)5-11(12)14(9)20/h3-8,13H,17H2,1-2H3,(H,19,21)/t13-/m0/s1. The summed E-state index contributed by atoms with van der Waals surface area (Å²) >= 11 is 5.87. The molecule has 0 aliphatic carbocycles. The Morgan fingerprint density at radius 3 is 2.86 bits per heavy atom. The van der Waals surface area contributed by atoms with Crippen molar-refractivity contribution in [2.24, 2.45) is 16.8 Å². The van der Waals surface area contributed by atoms with E-state index in [2.05, 4.69) is 10.5 Å². The first-order valence-corrected chi connectivity index (χ1v) is 7.07. The van der Waals surface area contributed by atoms with Gasteiger partial charge in [-0.1, -0.05) is 25.4 Å². The molecule has 0 bridgehead atoms. The van der Waals surface area contributed by atoms with Crippen LogP contribution in [0.2, 0.25) is 5.02 Å². The first kappa shape index (κ1) is 16.2. The molecule has 1 aromatic carbocycles. The summed E-state index contributed by atoms with van der Waals surface area (Å²) in [7, 11) is 0. The fraction of sp³-hybridized carbons (Fsp3) is 0.267. The van der Waals surface area contributed by atoms with Crippen LogP contribution in [-0.2, 0) is 4.79 Å². The van der Waals surface area contributed by atoms with Crippen LogP contribution in [0.4, 0.5) is 0 Å². The van der Waals surface area contributed by atoms with Crippen molar-refractivity contribution >= 4 is 34.7 Å². The summed E-state index contributed by atoms with van der Waals surface area (Å²) in [5.74, 6) is -0.428. The molecule has 2 rings (SSSR count). The second-order valence-corrected chi connectivity index (χ2v) is 5.60. The molecule has 22 heavy (non-hydrogen) atoms. The van der Waals surface area contributed by atoms with Crippen LogP contribution in [0.15, 0.2) is 38.8 Å². The van der Waals surface area contributed by atoms with E-state index >= 15 is 0 Å². The number of hydrazone groups is 1. The highest BCUT2D eigenvalue weighted by Crippen LogP contribution is 2.16. The maximum atomic E-state index is 12.3. The van der Waals surface area contributed by atoms with Gasteiger partial charge in [0.05, 0.1) is 23.2 Å². The summed E-state index contributed by atoms with van der Waals surface area (Å²) < 4.78 is 5.33. The van der Waals surface area contributed by atoms with Crippen molar-refractivity contribution < 1.29 is 9.21 Å². The van der Waals surface area contributed by atoms with E-state index in [0.29, 0.717) is 16.0 Å². The van der Waals surface area contributed by atoms with Crippen LogP contribution < -0.4 is 16.6 Å². The smallest absolute Gasteiger partial charge is 0.257 e. The molecule has 6 nitrogen and oxygen atoms in total. The predicted molar refractivity (Wildman–Crippen MR) is 86.0 cm³/mol. The van der Waals surface area contributed by atoms with E-state index in [9.17, 15) is 9.59 Å². The summed E-state index contributed by atoms with van der Waals surface area (Å²) in [5.41, 5.74) is 8.33. The zero-order chi connectivity index (χ0) is 16.3. The average Bonchev–Trinajstić information content (AvgIpc) is 2.49. The highest BCUT2D eigenvalue weighted by atomic mass is 35.5. The summed E-state index contributed by atoms with van der Waals surface area (Å²) in [6.45, 7) is 3.66. The number of halogens is 1. The third kappa shape index (κ3) is 3.52. The molecule has 0 aliphatic rings. The van der Waals surface area contributed by atoms with Crippen LogP contribution >= 0.6 is 11.6 Å². The van der Waals surface area contributed by atoms with Crippen LogP contribution in [0.3, 0.4) is 0 Å². The third-order valence-electron chi connectivity index (χ3n) is 3.16. The number of benzene rings is 1. The van der Waals surface area contributed by atoms with Crippen molar-refractivity contribution in [2.75, 3.05) is 0 Å². The number of fused-ring (bicyclic) bond motifs is 1. The molecule has 0 unspecified atom stereocenters. The quantitative estimate of drug-likeness (QED) is 0.663. The number of hydrogen-bond acceptors (Lipinski definition) is 5. The number of nitrogens with two attached hydrogens (primary N) is 1. The van der Waals surface area contributed by atoms with E-state index in [4.69, 9.17) is 21.8 Å². The molecule has 2 aromatic rings. The Hall–Kier alpha value is -2.18. The number of carbonyl (C=O) groups excluding carboxylic acids is 1. The SMILES string of the molecule is CC(C)[C@H](N)C(=O)NN=Cc1coc2ccc(Cl)cc2c1=O. The minimum absolute atomic E-state index is 0.0110. The summed E-state index contributed by atoms with van der Waals surface area (Å²) in [4.78, 5) is 23.9. The molecule has 1 heterocycles. The summed E-state index contributed by atoms with van der Waals surface area (Å²) in [6, 6.07) is 4.11. The Labute approximate surface area is 131 Å². The molecule has 0 saturated carbocycles. The van der Waals surface area contributed by atoms with Crippen LogP contribution in [0.1, 0.15) is 19.4 Å². The highest BCUT2D eigenvalue weighted by Gasteiger charge is 2.16. The lowest BCUT2D eigenvalue weighted by molar-refractivity contribution is -0.123. The van der Waals surface area contributed by atoms with E-state index in [1.54, 1.807) is 12.1 Å². The predicted octanol–water partition coefficient (Wildman–Crippen LogP) is 1.88. The number of rotatable bonds is 4. The number of amides is 1. The molecule has 1 atom stereocenters. The van der Waals surface area contributed by atoms with Gasteiger partial charge in [0.1, 0.15) is 11.8 Å². The van der Waals surface area contributed by atoms with Crippen molar-refractivity contribution in [1.82, 2.24) is 5.43 Å². The van der Waals surface area contributed by atoms with Crippen LogP contribution in [0, 0.1) is 5.92 Å². The van der Waals surface area contributed by atoms with Gasteiger partial charge in [-0.3, -0.25) is 9.59 Å². The first-order chi connectivity index (χ1) is 10.4. The van der Waals surface area contributed by atoms with Gasteiger partial charge in [-0.05, 0) is 24.1 Å². The average molecular weight is 322 g/mol. The third-order valence-corrected chi connectivity index (χ3v) is 3.40. The Kier molecular flexibility index (Phi) is 4.95. The van der Waals surface area contributed by atoms with Gasteiger partial charge in [-0.15, -0.1) is 0 Å². The molecule has 0 saturated heterocycles. The number of nitrogens with one attached hydrogen (secondary N) is 1. The van der Waals surface area contributed by atoms with Gasteiger partial charge in [-0.25, -0.2) is 5.43 Å². The maximum absolute atomic E-state index is 12.3. The molecule has 0 radical (unpaired) electrons. The molecular formula is C15H16ClN3O3. The monoisotopic (exact) mass is 321 g/mol. The minimum Gasteiger partial charge on any atom is -0.463 e. The summed E-state index contributed by atoms with van der Waals surface area (Å²) in [5, 5.41) is 4.52. The Morgan fingerprint density at radius 1 is 1.45 bits per heavy atom. The lowest BCUT2D eigenvalue weighted by atomic mass is 10.1. The van der Waals surface area contributed by atoms with E-state index in [-0.39, 0.29) is 16.9 Å². The summed E-state index contributed by atoms with van der Waals surface area (Å²) in [6.07, 6.45) is 2.49. The molecule has 1 amide bonds. The molecule has 0 aliphatic heterocycles. The number of carbonyl (C=O) groups is 1. The van der Waals surface area contributed by atoms with Crippen LogP contribution in [0.5, 0.6) is 0 Å². The van der Waals surface area contributed by atoms with Crippen molar-refractivity contribution in [3.05, 3.63) is 45.3 Å². The molecule has 1 aromatic heterocycles. The molecule has 116 valence electrons. The van der Waals surface area contributed by atoms with E-state index in [1.807, 2.05) is 13.8 Å².